The van der Waals surface area contributed by atoms with Gasteiger partial charge in [-0.1, -0.05) is 18.0 Å². The number of carbonyl (C=O) groups is 2. The van der Waals surface area contributed by atoms with Crippen LogP contribution in [0.4, 0.5) is 4.79 Å². The zero-order valence-corrected chi connectivity index (χ0v) is 14.8. The van der Waals surface area contributed by atoms with Gasteiger partial charge in [0.15, 0.2) is 0 Å². The van der Waals surface area contributed by atoms with Crippen molar-refractivity contribution in [1.82, 2.24) is 29.9 Å². The van der Waals surface area contributed by atoms with Crippen LogP contribution in [0.1, 0.15) is 44.4 Å². The molecule has 1 saturated heterocycles. The highest BCUT2D eigenvalue weighted by Crippen LogP contribution is 2.39. The van der Waals surface area contributed by atoms with E-state index in [-0.39, 0.29) is 36.5 Å². The molecule has 2 unspecified atom stereocenters. The van der Waals surface area contributed by atoms with Crippen LogP contribution in [-0.2, 0) is 11.3 Å². The van der Waals surface area contributed by atoms with Crippen LogP contribution in [0.5, 0.6) is 0 Å². The third-order valence-corrected chi connectivity index (χ3v) is 5.61. The van der Waals surface area contributed by atoms with E-state index in [1.54, 1.807) is 23.5 Å². The summed E-state index contributed by atoms with van der Waals surface area (Å²) >= 11 is 0. The summed E-state index contributed by atoms with van der Waals surface area (Å²) in [7, 11) is 0. The quantitative estimate of drug-likeness (QED) is 0.813. The highest BCUT2D eigenvalue weighted by atomic mass is 16.5. The normalized spacial score (nSPS) is 25.6. The van der Waals surface area contributed by atoms with Gasteiger partial charge in [0.05, 0.1) is 12.1 Å². The van der Waals surface area contributed by atoms with Gasteiger partial charge < -0.3 is 9.42 Å². The predicted molar refractivity (Wildman–Crippen MR) is 91.9 cm³/mol. The molecule has 2 aromatic heterocycles. The summed E-state index contributed by atoms with van der Waals surface area (Å²) < 4.78 is 5.36. The van der Waals surface area contributed by atoms with Gasteiger partial charge in [0.2, 0.25) is 17.6 Å². The van der Waals surface area contributed by atoms with Crippen molar-refractivity contribution in [2.24, 2.45) is 5.92 Å². The smallest absolute Gasteiger partial charge is 0.327 e. The number of hydrogen-bond donors (Lipinski definition) is 0. The molecular formula is C18H20N6O3. The van der Waals surface area contributed by atoms with Crippen LogP contribution in [-0.4, -0.2) is 53.9 Å². The number of rotatable bonds is 4. The van der Waals surface area contributed by atoms with E-state index in [2.05, 4.69) is 20.1 Å². The highest BCUT2D eigenvalue weighted by Gasteiger charge is 2.51. The lowest BCUT2D eigenvalue weighted by molar-refractivity contribution is -0.141. The fourth-order valence-electron chi connectivity index (χ4n) is 4.16. The Morgan fingerprint density at radius 2 is 1.96 bits per heavy atom. The number of amides is 3. The van der Waals surface area contributed by atoms with Crippen LogP contribution >= 0.6 is 0 Å². The Bertz CT molecular complexity index is 865. The maximum Gasteiger partial charge on any atom is 0.327 e. The Balaban J connectivity index is 1.41. The first-order valence-corrected chi connectivity index (χ1v) is 9.45. The lowest BCUT2D eigenvalue weighted by atomic mass is 9.81. The molecule has 0 aromatic carbocycles. The van der Waals surface area contributed by atoms with Crippen LogP contribution in [0, 0.1) is 5.92 Å². The first-order valence-electron chi connectivity index (χ1n) is 9.45. The summed E-state index contributed by atoms with van der Waals surface area (Å²) in [6.07, 6.45) is 10.2. The second kappa shape index (κ2) is 6.40. The van der Waals surface area contributed by atoms with Gasteiger partial charge in [-0.3, -0.25) is 14.7 Å². The first-order chi connectivity index (χ1) is 13.2. The minimum Gasteiger partial charge on any atom is -0.337 e. The second-order valence-electron chi connectivity index (χ2n) is 7.41. The van der Waals surface area contributed by atoms with Crippen LogP contribution in [0.15, 0.2) is 23.1 Å². The Morgan fingerprint density at radius 1 is 1.11 bits per heavy atom. The van der Waals surface area contributed by atoms with E-state index >= 15 is 0 Å². The number of hydrogen-bond acceptors (Lipinski definition) is 7. The van der Waals surface area contributed by atoms with Gasteiger partial charge in [-0.05, 0) is 25.7 Å². The summed E-state index contributed by atoms with van der Waals surface area (Å²) in [4.78, 5) is 41.7. The molecule has 5 rings (SSSR count). The van der Waals surface area contributed by atoms with Crippen molar-refractivity contribution in [1.29, 1.82) is 0 Å². The van der Waals surface area contributed by atoms with Crippen molar-refractivity contribution in [2.75, 3.05) is 0 Å². The molecule has 2 atom stereocenters. The third kappa shape index (κ3) is 2.87. The highest BCUT2D eigenvalue weighted by molar-refractivity contribution is 5.99. The molecule has 27 heavy (non-hydrogen) atoms. The molecule has 0 bridgehead atoms. The number of fused-ring (bicyclic) bond motifs is 1. The van der Waals surface area contributed by atoms with Crippen LogP contribution in [0.25, 0.3) is 11.5 Å². The summed E-state index contributed by atoms with van der Waals surface area (Å²) in [6.45, 7) is 0.212. The Morgan fingerprint density at radius 3 is 2.74 bits per heavy atom. The third-order valence-electron chi connectivity index (χ3n) is 5.61. The Hall–Kier alpha value is -2.84. The molecule has 0 radical (unpaired) electrons. The van der Waals surface area contributed by atoms with Crippen LogP contribution < -0.4 is 0 Å². The zero-order valence-electron chi connectivity index (χ0n) is 14.8. The van der Waals surface area contributed by atoms with Crippen molar-refractivity contribution in [2.45, 2.75) is 57.2 Å². The van der Waals surface area contributed by atoms with E-state index in [0.717, 1.165) is 38.5 Å². The zero-order chi connectivity index (χ0) is 18.4. The van der Waals surface area contributed by atoms with Gasteiger partial charge >= 0.3 is 6.03 Å². The molecule has 9 heteroatoms. The fraction of sp³-hybridized carbons (Fsp3) is 0.556. The molecule has 9 nitrogen and oxygen atoms in total. The van der Waals surface area contributed by atoms with Crippen molar-refractivity contribution in [3.05, 3.63) is 24.5 Å². The minimum atomic E-state index is -0.218. The van der Waals surface area contributed by atoms with Gasteiger partial charge in [0.25, 0.3) is 0 Å². The number of aromatic nitrogens is 4. The molecule has 2 saturated carbocycles. The molecular weight excluding hydrogens is 348 g/mol. The standard InChI is InChI=1S/C18H20N6O3/c25-17-12-3-1-2-4-14(12)23(18(26)24(17)11-5-6-11)10-15-21-16(22-27-15)13-9-19-7-8-20-13/h7-9,11-12,14H,1-6,10H2. The molecule has 2 aromatic rings. The van der Waals surface area contributed by atoms with E-state index in [0.29, 0.717) is 17.4 Å². The summed E-state index contributed by atoms with van der Waals surface area (Å²) in [5, 5.41) is 3.96. The topological polar surface area (TPSA) is 105 Å². The Labute approximate surface area is 155 Å². The second-order valence-corrected chi connectivity index (χ2v) is 7.41. The molecule has 2 aliphatic carbocycles. The average Bonchev–Trinajstić information content (AvgIpc) is 3.42. The van der Waals surface area contributed by atoms with E-state index in [1.807, 2.05) is 0 Å². The number of carbonyl (C=O) groups excluding carboxylic acids is 2. The molecule has 0 spiro atoms. The summed E-state index contributed by atoms with van der Waals surface area (Å²) in [6, 6.07) is -0.237. The van der Waals surface area contributed by atoms with E-state index in [9.17, 15) is 9.59 Å². The lowest BCUT2D eigenvalue weighted by Gasteiger charge is -2.46. The number of urea groups is 1. The summed E-state index contributed by atoms with van der Waals surface area (Å²) in [5.41, 5.74) is 0.516. The van der Waals surface area contributed by atoms with E-state index in [4.69, 9.17) is 4.52 Å². The van der Waals surface area contributed by atoms with E-state index in [1.165, 1.54) is 4.90 Å². The Kier molecular flexibility index (Phi) is 3.87. The van der Waals surface area contributed by atoms with Gasteiger partial charge in [0, 0.05) is 24.5 Å². The SMILES string of the molecule is O=C1C2CCCCC2N(Cc2nc(-c3cnccn3)no2)C(=O)N1C1CC1. The molecule has 140 valence electrons. The average molecular weight is 368 g/mol. The first kappa shape index (κ1) is 16.3. The predicted octanol–water partition coefficient (Wildman–Crippen LogP) is 2.01. The van der Waals surface area contributed by atoms with Crippen LogP contribution in [0.3, 0.4) is 0 Å². The van der Waals surface area contributed by atoms with Gasteiger partial charge in [0.1, 0.15) is 12.2 Å². The molecule has 3 amide bonds. The van der Waals surface area contributed by atoms with Crippen molar-refractivity contribution in [3.8, 4) is 11.5 Å². The van der Waals surface area contributed by atoms with Crippen molar-refractivity contribution >= 4 is 11.9 Å². The van der Waals surface area contributed by atoms with Gasteiger partial charge in [-0.25, -0.2) is 9.78 Å². The fourth-order valence-corrected chi connectivity index (χ4v) is 4.16. The van der Waals surface area contributed by atoms with Gasteiger partial charge in [-0.2, -0.15) is 4.98 Å². The van der Waals surface area contributed by atoms with Crippen LogP contribution in [0.2, 0.25) is 0 Å². The molecule has 3 heterocycles. The molecule has 0 N–H and O–H groups in total. The lowest BCUT2D eigenvalue weighted by Crippen LogP contribution is -2.62. The van der Waals surface area contributed by atoms with Gasteiger partial charge in [-0.15, -0.1) is 0 Å². The largest absolute Gasteiger partial charge is 0.337 e. The molecule has 1 aliphatic heterocycles. The maximum absolute atomic E-state index is 13.1. The number of nitrogens with zero attached hydrogens (tertiary/aromatic N) is 6. The number of imide groups is 1. The summed E-state index contributed by atoms with van der Waals surface area (Å²) in [5.74, 6) is 0.588. The minimum absolute atomic E-state index is 0.00854. The molecule has 3 aliphatic rings. The maximum atomic E-state index is 13.1. The monoisotopic (exact) mass is 368 g/mol. The van der Waals surface area contributed by atoms with Crippen molar-refractivity contribution in [3.63, 3.8) is 0 Å². The van der Waals surface area contributed by atoms with E-state index < -0.39 is 0 Å². The van der Waals surface area contributed by atoms with Crippen molar-refractivity contribution < 1.29 is 14.1 Å². The molecule has 3 fully saturated rings.